The van der Waals surface area contributed by atoms with Gasteiger partial charge in [0.2, 0.25) is 5.91 Å². The first-order valence-corrected chi connectivity index (χ1v) is 8.73. The predicted octanol–water partition coefficient (Wildman–Crippen LogP) is 3.70. The molecule has 3 heteroatoms. The summed E-state index contributed by atoms with van der Waals surface area (Å²) in [6.45, 7) is 10.1. The molecule has 0 aromatic heterocycles. The lowest BCUT2D eigenvalue weighted by Gasteiger charge is -2.18. The molecule has 2 aromatic carbocycles. The zero-order valence-corrected chi connectivity index (χ0v) is 15.0. The van der Waals surface area contributed by atoms with Gasteiger partial charge < -0.3 is 5.32 Å². The maximum absolute atomic E-state index is 12.1. The summed E-state index contributed by atoms with van der Waals surface area (Å²) in [5.74, 6) is 0.0662. The highest BCUT2D eigenvalue weighted by Crippen LogP contribution is 2.09. The van der Waals surface area contributed by atoms with Crippen LogP contribution in [0.2, 0.25) is 0 Å². The number of nitrogens with one attached hydrogen (secondary N) is 1. The molecule has 0 spiro atoms. The van der Waals surface area contributed by atoms with Crippen LogP contribution in [0.15, 0.2) is 48.5 Å². The van der Waals surface area contributed by atoms with E-state index in [1.54, 1.807) is 0 Å². The first-order valence-electron chi connectivity index (χ1n) is 8.73. The topological polar surface area (TPSA) is 32.3 Å². The van der Waals surface area contributed by atoms with Crippen LogP contribution < -0.4 is 5.32 Å². The van der Waals surface area contributed by atoms with E-state index in [2.05, 4.69) is 48.3 Å². The van der Waals surface area contributed by atoms with Crippen LogP contribution in [-0.4, -0.2) is 23.9 Å². The number of amides is 1. The molecule has 0 aliphatic heterocycles. The van der Waals surface area contributed by atoms with Crippen molar-refractivity contribution in [3.05, 3.63) is 70.8 Å². The SMILES string of the molecule is CCN(CC)Cc1ccc(CNC(=O)Cc2ccccc2C)cc1. The monoisotopic (exact) mass is 324 g/mol. The van der Waals surface area contributed by atoms with Crippen molar-refractivity contribution >= 4 is 5.91 Å². The molecule has 0 saturated carbocycles. The van der Waals surface area contributed by atoms with Crippen molar-refractivity contribution in [2.24, 2.45) is 0 Å². The molecule has 0 bridgehead atoms. The summed E-state index contributed by atoms with van der Waals surface area (Å²) in [6.07, 6.45) is 0.437. The van der Waals surface area contributed by atoms with Crippen molar-refractivity contribution in [3.63, 3.8) is 0 Å². The third kappa shape index (κ3) is 5.50. The minimum Gasteiger partial charge on any atom is -0.352 e. The number of nitrogens with zero attached hydrogens (tertiary/aromatic N) is 1. The normalized spacial score (nSPS) is 10.8. The van der Waals surface area contributed by atoms with Gasteiger partial charge in [-0.3, -0.25) is 9.69 Å². The van der Waals surface area contributed by atoms with Crippen molar-refractivity contribution in [1.82, 2.24) is 10.2 Å². The molecule has 3 nitrogen and oxygen atoms in total. The predicted molar refractivity (Wildman–Crippen MR) is 99.8 cm³/mol. The molecule has 0 aliphatic carbocycles. The molecule has 1 N–H and O–H groups in total. The number of rotatable bonds is 8. The number of hydrogen-bond donors (Lipinski definition) is 1. The Labute approximate surface area is 145 Å². The van der Waals surface area contributed by atoms with Crippen LogP contribution >= 0.6 is 0 Å². The van der Waals surface area contributed by atoms with Gasteiger partial charge in [-0.1, -0.05) is 62.4 Å². The Kier molecular flexibility index (Phi) is 7.01. The third-order valence-electron chi connectivity index (χ3n) is 4.43. The fourth-order valence-corrected chi connectivity index (χ4v) is 2.71. The average Bonchev–Trinajstić information content (AvgIpc) is 2.61. The van der Waals surface area contributed by atoms with Crippen LogP contribution in [0.1, 0.15) is 36.1 Å². The second kappa shape index (κ2) is 9.24. The summed E-state index contributed by atoms with van der Waals surface area (Å²) in [5, 5.41) is 3.01. The fourth-order valence-electron chi connectivity index (χ4n) is 2.71. The standard InChI is InChI=1S/C21H28N2O/c1-4-23(5-2)16-19-12-10-18(11-13-19)15-22-21(24)14-20-9-7-6-8-17(20)3/h6-13H,4-5,14-16H2,1-3H3,(H,22,24). The van der Waals surface area contributed by atoms with Crippen molar-refractivity contribution in [2.75, 3.05) is 13.1 Å². The molecule has 24 heavy (non-hydrogen) atoms. The highest BCUT2D eigenvalue weighted by molar-refractivity contribution is 5.78. The van der Waals surface area contributed by atoms with E-state index in [-0.39, 0.29) is 5.91 Å². The Hall–Kier alpha value is -2.13. The van der Waals surface area contributed by atoms with E-state index in [4.69, 9.17) is 0 Å². The number of carbonyl (C=O) groups excluding carboxylic acids is 1. The first kappa shape index (κ1) is 18.2. The lowest BCUT2D eigenvalue weighted by atomic mass is 10.1. The molecule has 0 radical (unpaired) electrons. The van der Waals surface area contributed by atoms with E-state index in [0.29, 0.717) is 13.0 Å². The second-order valence-corrected chi connectivity index (χ2v) is 6.16. The largest absolute Gasteiger partial charge is 0.352 e. The van der Waals surface area contributed by atoms with Gasteiger partial charge in [-0.25, -0.2) is 0 Å². The Balaban J connectivity index is 1.83. The summed E-state index contributed by atoms with van der Waals surface area (Å²) in [4.78, 5) is 14.5. The number of hydrogen-bond acceptors (Lipinski definition) is 2. The second-order valence-electron chi connectivity index (χ2n) is 6.16. The van der Waals surface area contributed by atoms with E-state index >= 15 is 0 Å². The number of aryl methyl sites for hydroxylation is 1. The molecule has 2 aromatic rings. The summed E-state index contributed by atoms with van der Waals surface area (Å²) in [5.41, 5.74) is 4.70. The minimum absolute atomic E-state index is 0.0662. The summed E-state index contributed by atoms with van der Waals surface area (Å²) < 4.78 is 0. The van der Waals surface area contributed by atoms with Crippen LogP contribution in [0, 0.1) is 6.92 Å². The fraction of sp³-hybridized carbons (Fsp3) is 0.381. The number of carbonyl (C=O) groups is 1. The summed E-state index contributed by atoms with van der Waals surface area (Å²) >= 11 is 0. The smallest absolute Gasteiger partial charge is 0.224 e. The van der Waals surface area contributed by atoms with Crippen LogP contribution in [0.3, 0.4) is 0 Å². The molecule has 0 aliphatic rings. The third-order valence-corrected chi connectivity index (χ3v) is 4.43. The van der Waals surface area contributed by atoms with Crippen molar-refractivity contribution in [1.29, 1.82) is 0 Å². The Bertz CT molecular complexity index is 645. The lowest BCUT2D eigenvalue weighted by Crippen LogP contribution is -2.25. The van der Waals surface area contributed by atoms with E-state index in [0.717, 1.165) is 36.3 Å². The van der Waals surface area contributed by atoms with E-state index < -0.39 is 0 Å². The van der Waals surface area contributed by atoms with E-state index in [1.165, 1.54) is 5.56 Å². The van der Waals surface area contributed by atoms with Gasteiger partial charge in [-0.15, -0.1) is 0 Å². The van der Waals surface area contributed by atoms with Gasteiger partial charge in [0.15, 0.2) is 0 Å². The van der Waals surface area contributed by atoms with Gasteiger partial charge in [0.05, 0.1) is 6.42 Å². The van der Waals surface area contributed by atoms with E-state index in [9.17, 15) is 4.79 Å². The van der Waals surface area contributed by atoms with Crippen LogP contribution in [-0.2, 0) is 24.3 Å². The van der Waals surface area contributed by atoms with E-state index in [1.807, 2.05) is 31.2 Å². The molecule has 2 rings (SSSR count). The van der Waals surface area contributed by atoms with Gasteiger partial charge in [0, 0.05) is 13.1 Å². The summed E-state index contributed by atoms with van der Waals surface area (Å²) in [7, 11) is 0. The van der Waals surface area contributed by atoms with Crippen LogP contribution in [0.4, 0.5) is 0 Å². The van der Waals surface area contributed by atoms with Gasteiger partial charge in [-0.2, -0.15) is 0 Å². The van der Waals surface area contributed by atoms with Crippen LogP contribution in [0.5, 0.6) is 0 Å². The van der Waals surface area contributed by atoms with Crippen molar-refractivity contribution < 1.29 is 4.79 Å². The highest BCUT2D eigenvalue weighted by Gasteiger charge is 2.06. The Morgan fingerprint density at radius 2 is 1.58 bits per heavy atom. The maximum Gasteiger partial charge on any atom is 0.224 e. The number of benzene rings is 2. The lowest BCUT2D eigenvalue weighted by molar-refractivity contribution is -0.120. The Morgan fingerprint density at radius 3 is 2.21 bits per heavy atom. The molecule has 0 saturated heterocycles. The molecule has 0 atom stereocenters. The molecule has 0 unspecified atom stereocenters. The minimum atomic E-state index is 0.0662. The first-order chi connectivity index (χ1) is 11.6. The summed E-state index contributed by atoms with van der Waals surface area (Å²) in [6, 6.07) is 16.5. The van der Waals surface area contributed by atoms with Crippen molar-refractivity contribution in [3.8, 4) is 0 Å². The van der Waals surface area contributed by atoms with Crippen molar-refractivity contribution in [2.45, 2.75) is 40.3 Å². The molecule has 128 valence electrons. The molecule has 0 fully saturated rings. The van der Waals surface area contributed by atoms with Gasteiger partial charge in [-0.05, 0) is 42.3 Å². The van der Waals surface area contributed by atoms with Gasteiger partial charge >= 0.3 is 0 Å². The zero-order valence-electron chi connectivity index (χ0n) is 15.0. The average molecular weight is 324 g/mol. The Morgan fingerprint density at radius 1 is 0.958 bits per heavy atom. The molecular weight excluding hydrogens is 296 g/mol. The molecule has 0 heterocycles. The molecular formula is C21H28N2O. The highest BCUT2D eigenvalue weighted by atomic mass is 16.1. The van der Waals surface area contributed by atoms with Gasteiger partial charge in [0.25, 0.3) is 0 Å². The zero-order chi connectivity index (χ0) is 17.4. The van der Waals surface area contributed by atoms with Gasteiger partial charge in [0.1, 0.15) is 0 Å². The maximum atomic E-state index is 12.1. The molecule has 1 amide bonds. The quantitative estimate of drug-likeness (QED) is 0.803. The van der Waals surface area contributed by atoms with Crippen LogP contribution in [0.25, 0.3) is 0 Å².